The Kier molecular flexibility index (Phi) is 4.20. The molecule has 0 saturated heterocycles. The van der Waals surface area contributed by atoms with Crippen LogP contribution < -0.4 is 9.64 Å². The van der Waals surface area contributed by atoms with Gasteiger partial charge in [0.05, 0.1) is 12.2 Å². The first-order valence-electron chi connectivity index (χ1n) is 9.99. The zero-order chi connectivity index (χ0) is 20.0. The molecule has 29 heavy (non-hydrogen) atoms. The number of fused-ring (bicyclic) bond motifs is 1. The number of benzene rings is 1. The van der Waals surface area contributed by atoms with Crippen molar-refractivity contribution in [3.05, 3.63) is 47.9 Å². The zero-order valence-corrected chi connectivity index (χ0v) is 16.5. The summed E-state index contributed by atoms with van der Waals surface area (Å²) in [4.78, 5) is 2.30. The van der Waals surface area contributed by atoms with E-state index in [1.54, 1.807) is 12.1 Å². The maximum atomic E-state index is 8.97. The van der Waals surface area contributed by atoms with Crippen molar-refractivity contribution in [3.8, 4) is 28.8 Å². The largest absolute Gasteiger partial charge is 0.436 e. The number of aromatic nitrogens is 4. The molecule has 1 fully saturated rings. The lowest BCUT2D eigenvalue weighted by atomic mass is 9.93. The average molecular weight is 386 g/mol. The van der Waals surface area contributed by atoms with Crippen LogP contribution in [0, 0.1) is 11.3 Å². The summed E-state index contributed by atoms with van der Waals surface area (Å²) >= 11 is 0. The van der Waals surface area contributed by atoms with Crippen LogP contribution in [0.5, 0.6) is 11.6 Å². The summed E-state index contributed by atoms with van der Waals surface area (Å²) in [5, 5.41) is 21.5. The lowest BCUT2D eigenvalue weighted by Gasteiger charge is -2.35. The minimum atomic E-state index is 0.270. The van der Waals surface area contributed by atoms with Gasteiger partial charge in [-0.3, -0.25) is 4.68 Å². The molecule has 7 nitrogen and oxygen atoms in total. The molecule has 0 radical (unpaired) electrons. The van der Waals surface area contributed by atoms with Crippen LogP contribution in [0.2, 0.25) is 0 Å². The molecule has 0 bridgehead atoms. The van der Waals surface area contributed by atoms with E-state index in [1.807, 2.05) is 16.9 Å². The number of hydrogen-bond donors (Lipinski definition) is 0. The normalized spacial score (nSPS) is 18.2. The zero-order valence-electron chi connectivity index (χ0n) is 16.5. The molecule has 1 aromatic carbocycles. The molecular weight excluding hydrogens is 364 g/mol. The average Bonchev–Trinajstić information content (AvgIpc) is 3.48. The summed E-state index contributed by atoms with van der Waals surface area (Å²) in [7, 11) is 2.12. The first-order chi connectivity index (χ1) is 14.1. The third-order valence-corrected chi connectivity index (χ3v) is 5.88. The van der Waals surface area contributed by atoms with Crippen molar-refractivity contribution in [2.45, 2.75) is 44.7 Å². The molecule has 1 saturated carbocycles. The van der Waals surface area contributed by atoms with E-state index >= 15 is 0 Å². The maximum absolute atomic E-state index is 8.97. The van der Waals surface area contributed by atoms with E-state index in [2.05, 4.69) is 52.5 Å². The Labute approximate surface area is 169 Å². The van der Waals surface area contributed by atoms with Crippen molar-refractivity contribution in [2.24, 2.45) is 0 Å². The van der Waals surface area contributed by atoms with E-state index in [0.717, 1.165) is 29.7 Å². The molecule has 3 heterocycles. The van der Waals surface area contributed by atoms with Crippen molar-refractivity contribution in [3.63, 3.8) is 0 Å². The van der Waals surface area contributed by atoms with E-state index in [4.69, 9.17) is 10.00 Å². The van der Waals surface area contributed by atoms with Gasteiger partial charge < -0.3 is 9.64 Å². The van der Waals surface area contributed by atoms with Crippen molar-refractivity contribution in [1.29, 1.82) is 5.26 Å². The van der Waals surface area contributed by atoms with Crippen molar-refractivity contribution >= 4 is 5.69 Å². The molecule has 0 N–H and O–H groups in total. The van der Waals surface area contributed by atoms with Gasteiger partial charge in [0.1, 0.15) is 11.8 Å². The van der Waals surface area contributed by atoms with Gasteiger partial charge in [-0.1, -0.05) is 0 Å². The first kappa shape index (κ1) is 17.7. The highest BCUT2D eigenvalue weighted by molar-refractivity contribution is 5.77. The van der Waals surface area contributed by atoms with Crippen LogP contribution in [-0.4, -0.2) is 33.1 Å². The number of nitrogens with zero attached hydrogens (tertiary/aromatic N) is 6. The first-order valence-corrected chi connectivity index (χ1v) is 9.99. The fraction of sp³-hybridized carbons (Fsp3) is 0.364. The fourth-order valence-corrected chi connectivity index (χ4v) is 3.87. The number of hydrogen-bond acceptors (Lipinski definition) is 6. The monoisotopic (exact) mass is 386 g/mol. The highest BCUT2D eigenvalue weighted by Crippen LogP contribution is 2.44. The Bertz CT molecular complexity index is 1090. The fourth-order valence-electron chi connectivity index (χ4n) is 3.87. The van der Waals surface area contributed by atoms with Crippen LogP contribution in [0.15, 0.2) is 36.7 Å². The summed E-state index contributed by atoms with van der Waals surface area (Å²) in [6, 6.07) is 10.6. The molecule has 0 amide bonds. The van der Waals surface area contributed by atoms with E-state index in [-0.39, 0.29) is 5.69 Å². The molecule has 1 atom stereocenters. The van der Waals surface area contributed by atoms with Crippen LogP contribution in [0.1, 0.15) is 43.5 Å². The topological polar surface area (TPSA) is 79.9 Å². The van der Waals surface area contributed by atoms with Crippen LogP contribution in [0.3, 0.4) is 0 Å². The Morgan fingerprint density at radius 1 is 1.14 bits per heavy atom. The van der Waals surface area contributed by atoms with Crippen molar-refractivity contribution in [1.82, 2.24) is 20.0 Å². The third-order valence-electron chi connectivity index (χ3n) is 5.88. The molecule has 3 aromatic rings. The predicted octanol–water partition coefficient (Wildman–Crippen LogP) is 4.11. The number of ether oxygens (including phenoxy) is 1. The minimum Gasteiger partial charge on any atom is -0.436 e. The number of anilines is 1. The molecule has 1 aliphatic carbocycles. The van der Waals surface area contributed by atoms with Gasteiger partial charge in [0.2, 0.25) is 5.88 Å². The van der Waals surface area contributed by atoms with Gasteiger partial charge in [-0.05, 0) is 50.8 Å². The second-order valence-corrected chi connectivity index (χ2v) is 7.85. The Morgan fingerprint density at radius 2 is 2.00 bits per heavy atom. The lowest BCUT2D eigenvalue weighted by molar-refractivity contribution is 0.446. The lowest BCUT2D eigenvalue weighted by Crippen LogP contribution is -2.33. The molecule has 0 spiro atoms. The summed E-state index contributed by atoms with van der Waals surface area (Å²) in [6.07, 6.45) is 8.39. The van der Waals surface area contributed by atoms with Gasteiger partial charge in [0.25, 0.3) is 0 Å². The van der Waals surface area contributed by atoms with Gasteiger partial charge in [0, 0.05) is 47.7 Å². The molecule has 1 aliphatic heterocycles. The SMILES string of the molecule is CC1CCc2c(ccc(-c3cnn(C4CC4)c3)c2Oc2ccc(C#N)nn2)N1C. The Morgan fingerprint density at radius 3 is 2.72 bits per heavy atom. The van der Waals surface area contributed by atoms with E-state index in [1.165, 1.54) is 24.1 Å². The Balaban J connectivity index is 1.60. The van der Waals surface area contributed by atoms with Crippen LogP contribution in [-0.2, 0) is 6.42 Å². The molecular formula is C22H22N6O. The van der Waals surface area contributed by atoms with Gasteiger partial charge in [-0.2, -0.15) is 10.4 Å². The molecule has 146 valence electrons. The van der Waals surface area contributed by atoms with Crippen LogP contribution in [0.25, 0.3) is 11.1 Å². The summed E-state index contributed by atoms with van der Waals surface area (Å²) < 4.78 is 8.33. The number of nitriles is 1. The smallest absolute Gasteiger partial charge is 0.238 e. The maximum Gasteiger partial charge on any atom is 0.238 e. The van der Waals surface area contributed by atoms with Crippen LogP contribution >= 0.6 is 0 Å². The molecule has 7 heteroatoms. The highest BCUT2D eigenvalue weighted by Gasteiger charge is 2.28. The van der Waals surface area contributed by atoms with E-state index < -0.39 is 0 Å². The van der Waals surface area contributed by atoms with Crippen molar-refractivity contribution < 1.29 is 4.74 Å². The summed E-state index contributed by atoms with van der Waals surface area (Å²) in [6.45, 7) is 2.24. The molecule has 1 unspecified atom stereocenters. The van der Waals surface area contributed by atoms with E-state index in [0.29, 0.717) is 18.0 Å². The van der Waals surface area contributed by atoms with Crippen LogP contribution in [0.4, 0.5) is 5.69 Å². The second kappa shape index (κ2) is 6.89. The van der Waals surface area contributed by atoms with Gasteiger partial charge in [0.15, 0.2) is 5.69 Å². The second-order valence-electron chi connectivity index (χ2n) is 7.85. The minimum absolute atomic E-state index is 0.270. The predicted molar refractivity (Wildman–Crippen MR) is 109 cm³/mol. The standard InChI is InChI=1S/C22H22N6O/c1-14-3-7-19-20(27(14)2)9-8-18(15-12-24-28(13-15)17-5-6-17)22(19)29-21-10-4-16(11-23)25-26-21/h4,8-10,12-14,17H,3,5-7H2,1-2H3. The van der Waals surface area contributed by atoms with Gasteiger partial charge in [-0.25, -0.2) is 0 Å². The summed E-state index contributed by atoms with van der Waals surface area (Å²) in [5.41, 5.74) is 4.67. The van der Waals surface area contributed by atoms with Crippen molar-refractivity contribution in [2.75, 3.05) is 11.9 Å². The quantitative estimate of drug-likeness (QED) is 0.671. The number of rotatable bonds is 4. The molecule has 5 rings (SSSR count). The highest BCUT2D eigenvalue weighted by atomic mass is 16.5. The van der Waals surface area contributed by atoms with E-state index in [9.17, 15) is 0 Å². The molecule has 2 aliphatic rings. The third kappa shape index (κ3) is 3.21. The van der Waals surface area contributed by atoms with Gasteiger partial charge in [-0.15, -0.1) is 10.2 Å². The molecule has 2 aromatic heterocycles. The summed E-state index contributed by atoms with van der Waals surface area (Å²) in [5.74, 6) is 1.19. The van der Waals surface area contributed by atoms with Gasteiger partial charge >= 0.3 is 0 Å². The Hall–Kier alpha value is -3.40.